The quantitative estimate of drug-likeness (QED) is 0.717. The SMILES string of the molecule is NCC1CCCCCN1C(=O)NC1CC1. The predicted octanol–water partition coefficient (Wildman–Crippen LogP) is 1.06. The molecule has 0 aromatic heterocycles. The fraction of sp³-hybridized carbons (Fsp3) is 0.909. The molecule has 2 fully saturated rings. The third kappa shape index (κ3) is 2.84. The normalized spacial score (nSPS) is 27.3. The fourth-order valence-corrected chi connectivity index (χ4v) is 2.17. The van der Waals surface area contributed by atoms with E-state index in [2.05, 4.69) is 5.32 Å². The van der Waals surface area contributed by atoms with Crippen molar-refractivity contribution in [3.8, 4) is 0 Å². The van der Waals surface area contributed by atoms with E-state index in [1.807, 2.05) is 4.90 Å². The first-order valence-electron chi connectivity index (χ1n) is 6.08. The second-order valence-electron chi connectivity index (χ2n) is 4.66. The molecule has 1 unspecified atom stereocenters. The van der Waals surface area contributed by atoms with E-state index in [1.54, 1.807) is 0 Å². The maximum Gasteiger partial charge on any atom is 0.317 e. The number of carbonyl (C=O) groups excluding carboxylic acids is 1. The Morgan fingerprint density at radius 1 is 1.27 bits per heavy atom. The van der Waals surface area contributed by atoms with Gasteiger partial charge in [-0.25, -0.2) is 4.79 Å². The molecule has 2 aliphatic rings. The lowest BCUT2D eigenvalue weighted by molar-refractivity contribution is 0.177. The Kier molecular flexibility index (Phi) is 3.46. The summed E-state index contributed by atoms with van der Waals surface area (Å²) in [5, 5.41) is 3.05. The van der Waals surface area contributed by atoms with Crippen LogP contribution in [0.4, 0.5) is 4.79 Å². The van der Waals surface area contributed by atoms with Gasteiger partial charge in [0, 0.05) is 25.2 Å². The van der Waals surface area contributed by atoms with Crippen LogP contribution < -0.4 is 11.1 Å². The molecular formula is C11H21N3O. The number of carbonyl (C=O) groups is 1. The van der Waals surface area contributed by atoms with Crippen molar-refractivity contribution < 1.29 is 4.79 Å². The number of likely N-dealkylation sites (tertiary alicyclic amines) is 1. The van der Waals surface area contributed by atoms with Crippen LogP contribution in [0, 0.1) is 0 Å². The van der Waals surface area contributed by atoms with E-state index in [0.29, 0.717) is 12.6 Å². The van der Waals surface area contributed by atoms with Crippen LogP contribution in [0.3, 0.4) is 0 Å². The molecule has 1 heterocycles. The molecule has 0 aromatic rings. The molecule has 2 rings (SSSR count). The Labute approximate surface area is 91.2 Å². The first-order chi connectivity index (χ1) is 7.31. The van der Waals surface area contributed by atoms with Crippen LogP contribution in [0.5, 0.6) is 0 Å². The molecule has 0 radical (unpaired) electrons. The van der Waals surface area contributed by atoms with E-state index in [0.717, 1.165) is 32.2 Å². The molecule has 1 aliphatic carbocycles. The van der Waals surface area contributed by atoms with E-state index >= 15 is 0 Å². The van der Waals surface area contributed by atoms with Crippen molar-refractivity contribution in [1.82, 2.24) is 10.2 Å². The van der Waals surface area contributed by atoms with Gasteiger partial charge in [0.05, 0.1) is 0 Å². The molecule has 4 heteroatoms. The van der Waals surface area contributed by atoms with E-state index in [-0.39, 0.29) is 12.1 Å². The molecule has 2 amide bonds. The van der Waals surface area contributed by atoms with Crippen LogP contribution in [0.25, 0.3) is 0 Å². The lowest BCUT2D eigenvalue weighted by Crippen LogP contribution is -2.49. The summed E-state index contributed by atoms with van der Waals surface area (Å²) in [6.45, 7) is 1.47. The summed E-state index contributed by atoms with van der Waals surface area (Å²) < 4.78 is 0. The van der Waals surface area contributed by atoms with Gasteiger partial charge in [0.25, 0.3) is 0 Å². The van der Waals surface area contributed by atoms with Crippen LogP contribution in [0.1, 0.15) is 38.5 Å². The van der Waals surface area contributed by atoms with E-state index in [4.69, 9.17) is 5.73 Å². The molecule has 3 N–H and O–H groups in total. The van der Waals surface area contributed by atoms with Gasteiger partial charge in [-0.1, -0.05) is 12.8 Å². The summed E-state index contributed by atoms with van der Waals surface area (Å²) in [6, 6.07) is 0.806. The highest BCUT2D eigenvalue weighted by molar-refractivity contribution is 5.75. The molecule has 4 nitrogen and oxygen atoms in total. The van der Waals surface area contributed by atoms with Gasteiger partial charge < -0.3 is 16.0 Å². The van der Waals surface area contributed by atoms with Gasteiger partial charge >= 0.3 is 6.03 Å². The van der Waals surface area contributed by atoms with E-state index < -0.39 is 0 Å². The summed E-state index contributed by atoms with van der Waals surface area (Å²) in [5.41, 5.74) is 5.73. The minimum Gasteiger partial charge on any atom is -0.335 e. The minimum absolute atomic E-state index is 0.106. The lowest BCUT2D eigenvalue weighted by Gasteiger charge is -2.29. The molecule has 1 aliphatic heterocycles. The fourth-order valence-electron chi connectivity index (χ4n) is 2.17. The molecule has 0 spiro atoms. The molecule has 0 aromatic carbocycles. The number of amides is 2. The van der Waals surface area contributed by atoms with E-state index in [9.17, 15) is 4.79 Å². The summed E-state index contributed by atoms with van der Waals surface area (Å²) in [6.07, 6.45) is 6.90. The Hall–Kier alpha value is -0.770. The summed E-state index contributed by atoms with van der Waals surface area (Å²) in [4.78, 5) is 13.9. The second-order valence-corrected chi connectivity index (χ2v) is 4.66. The van der Waals surface area contributed by atoms with Crippen LogP contribution >= 0.6 is 0 Å². The van der Waals surface area contributed by atoms with Gasteiger partial charge in [0.1, 0.15) is 0 Å². The number of nitrogens with zero attached hydrogens (tertiary/aromatic N) is 1. The third-order valence-electron chi connectivity index (χ3n) is 3.32. The number of hydrogen-bond acceptors (Lipinski definition) is 2. The van der Waals surface area contributed by atoms with Crippen LogP contribution in [-0.2, 0) is 0 Å². The zero-order valence-electron chi connectivity index (χ0n) is 9.24. The molecule has 1 atom stereocenters. The average Bonchev–Trinajstić information content (AvgIpc) is 3.02. The largest absolute Gasteiger partial charge is 0.335 e. The summed E-state index contributed by atoms with van der Waals surface area (Å²) >= 11 is 0. The van der Waals surface area contributed by atoms with Gasteiger partial charge in [0.15, 0.2) is 0 Å². The second kappa shape index (κ2) is 4.84. The van der Waals surface area contributed by atoms with Gasteiger partial charge in [-0.3, -0.25) is 0 Å². The standard InChI is InChI=1S/C11H21N3O/c12-8-10-4-2-1-3-7-14(10)11(15)13-9-5-6-9/h9-10H,1-8,12H2,(H,13,15). The number of nitrogens with two attached hydrogens (primary N) is 1. The average molecular weight is 211 g/mol. The molecule has 0 bridgehead atoms. The first-order valence-corrected chi connectivity index (χ1v) is 6.08. The number of nitrogens with one attached hydrogen (secondary N) is 1. The molecule has 1 saturated carbocycles. The van der Waals surface area contributed by atoms with Crippen LogP contribution in [-0.4, -0.2) is 36.1 Å². The van der Waals surface area contributed by atoms with Crippen molar-refractivity contribution in [2.24, 2.45) is 5.73 Å². The van der Waals surface area contributed by atoms with Gasteiger partial charge in [-0.05, 0) is 25.7 Å². The highest BCUT2D eigenvalue weighted by Gasteiger charge is 2.29. The Morgan fingerprint density at radius 2 is 2.07 bits per heavy atom. The number of hydrogen-bond donors (Lipinski definition) is 2. The van der Waals surface area contributed by atoms with Crippen molar-refractivity contribution in [3.63, 3.8) is 0 Å². The molecular weight excluding hydrogens is 190 g/mol. The van der Waals surface area contributed by atoms with E-state index in [1.165, 1.54) is 12.8 Å². The first kappa shape index (κ1) is 10.7. The predicted molar refractivity (Wildman–Crippen MR) is 59.6 cm³/mol. The lowest BCUT2D eigenvalue weighted by atomic mass is 10.1. The maximum absolute atomic E-state index is 11.9. The maximum atomic E-state index is 11.9. The van der Waals surface area contributed by atoms with Crippen molar-refractivity contribution >= 4 is 6.03 Å². The molecule has 15 heavy (non-hydrogen) atoms. The van der Waals surface area contributed by atoms with Gasteiger partial charge in [-0.15, -0.1) is 0 Å². The van der Waals surface area contributed by atoms with Gasteiger partial charge in [-0.2, -0.15) is 0 Å². The molecule has 1 saturated heterocycles. The van der Waals surface area contributed by atoms with Crippen LogP contribution in [0.15, 0.2) is 0 Å². The smallest absolute Gasteiger partial charge is 0.317 e. The Morgan fingerprint density at radius 3 is 2.73 bits per heavy atom. The monoisotopic (exact) mass is 211 g/mol. The zero-order chi connectivity index (χ0) is 10.7. The zero-order valence-corrected chi connectivity index (χ0v) is 9.24. The molecule has 86 valence electrons. The number of rotatable bonds is 2. The minimum atomic E-state index is 0.106. The van der Waals surface area contributed by atoms with Crippen molar-refractivity contribution in [2.45, 2.75) is 50.6 Å². The van der Waals surface area contributed by atoms with Crippen molar-refractivity contribution in [3.05, 3.63) is 0 Å². The van der Waals surface area contributed by atoms with Gasteiger partial charge in [0.2, 0.25) is 0 Å². The Bertz CT molecular complexity index is 228. The van der Waals surface area contributed by atoms with Crippen molar-refractivity contribution in [1.29, 1.82) is 0 Å². The topological polar surface area (TPSA) is 58.4 Å². The third-order valence-corrected chi connectivity index (χ3v) is 3.32. The summed E-state index contributed by atoms with van der Waals surface area (Å²) in [5.74, 6) is 0. The summed E-state index contributed by atoms with van der Waals surface area (Å²) in [7, 11) is 0. The van der Waals surface area contributed by atoms with Crippen molar-refractivity contribution in [2.75, 3.05) is 13.1 Å². The number of urea groups is 1. The Balaban J connectivity index is 1.91. The highest BCUT2D eigenvalue weighted by Crippen LogP contribution is 2.21. The highest BCUT2D eigenvalue weighted by atomic mass is 16.2. The van der Waals surface area contributed by atoms with Crippen LogP contribution in [0.2, 0.25) is 0 Å².